The molecule has 1 atom stereocenters. The second-order valence-corrected chi connectivity index (χ2v) is 5.14. The number of furan rings is 1. The van der Waals surface area contributed by atoms with E-state index in [-0.39, 0.29) is 6.54 Å². The molecule has 86 valence electrons. The van der Waals surface area contributed by atoms with Crippen LogP contribution in [0.15, 0.2) is 22.8 Å². The van der Waals surface area contributed by atoms with Crippen molar-refractivity contribution in [2.45, 2.75) is 6.10 Å². The van der Waals surface area contributed by atoms with Gasteiger partial charge in [-0.1, -0.05) is 0 Å². The summed E-state index contributed by atoms with van der Waals surface area (Å²) < 4.78 is 30.7. The van der Waals surface area contributed by atoms with Crippen molar-refractivity contribution < 1.29 is 17.9 Å². The maximum absolute atomic E-state index is 11.3. The summed E-state index contributed by atoms with van der Waals surface area (Å²) >= 11 is 0. The van der Waals surface area contributed by atoms with Crippen LogP contribution in [0.25, 0.3) is 0 Å². The average Bonchev–Trinajstić information content (AvgIpc) is 2.66. The van der Waals surface area contributed by atoms with Crippen LogP contribution in [0.5, 0.6) is 0 Å². The molecule has 15 heavy (non-hydrogen) atoms. The monoisotopic (exact) mass is 234 g/mol. The van der Waals surface area contributed by atoms with Gasteiger partial charge < -0.3 is 9.52 Å². The van der Waals surface area contributed by atoms with Gasteiger partial charge in [0.05, 0.1) is 6.26 Å². The minimum absolute atomic E-state index is 0.117. The summed E-state index contributed by atoms with van der Waals surface area (Å²) in [4.78, 5) is 0. The van der Waals surface area contributed by atoms with Gasteiger partial charge in [0.15, 0.2) is 0 Å². The van der Waals surface area contributed by atoms with E-state index in [2.05, 4.69) is 4.72 Å². The summed E-state index contributed by atoms with van der Waals surface area (Å²) in [7, 11) is -0.694. The molecule has 7 heteroatoms. The van der Waals surface area contributed by atoms with Gasteiger partial charge in [-0.3, -0.25) is 0 Å². The summed E-state index contributed by atoms with van der Waals surface area (Å²) in [6.45, 7) is -0.117. The number of hydrogen-bond acceptors (Lipinski definition) is 4. The van der Waals surface area contributed by atoms with Gasteiger partial charge in [-0.2, -0.15) is 17.4 Å². The normalized spacial score (nSPS) is 14.4. The zero-order valence-electron chi connectivity index (χ0n) is 8.54. The first-order chi connectivity index (χ1) is 6.93. The molecule has 0 spiro atoms. The first kappa shape index (κ1) is 12.2. The number of rotatable bonds is 5. The number of hydrogen-bond donors (Lipinski definition) is 2. The minimum atomic E-state index is -3.50. The second kappa shape index (κ2) is 4.75. The summed E-state index contributed by atoms with van der Waals surface area (Å²) in [6, 6.07) is 3.20. The Morgan fingerprint density at radius 2 is 2.27 bits per heavy atom. The molecule has 0 aliphatic carbocycles. The number of aliphatic hydroxyl groups excluding tert-OH is 1. The number of nitrogens with zero attached hydrogens (tertiary/aromatic N) is 1. The summed E-state index contributed by atoms with van der Waals surface area (Å²) in [5.41, 5.74) is 0. The smallest absolute Gasteiger partial charge is 0.279 e. The molecule has 0 saturated heterocycles. The summed E-state index contributed by atoms with van der Waals surface area (Å²) in [6.07, 6.45) is 0.439. The molecular weight excluding hydrogens is 220 g/mol. The Bertz CT molecular complexity index is 385. The molecule has 2 N–H and O–H groups in total. The molecule has 1 rings (SSSR count). The van der Waals surface area contributed by atoms with Crippen molar-refractivity contribution in [3.8, 4) is 0 Å². The fraction of sp³-hybridized carbons (Fsp3) is 0.500. The largest absolute Gasteiger partial charge is 0.467 e. The van der Waals surface area contributed by atoms with E-state index in [0.29, 0.717) is 5.76 Å². The topological polar surface area (TPSA) is 82.8 Å². The Morgan fingerprint density at radius 3 is 2.73 bits per heavy atom. The van der Waals surface area contributed by atoms with Crippen LogP contribution in [-0.2, 0) is 10.2 Å². The standard InChI is InChI=1S/C8H14N2O4S/c1-10(2)15(12,13)9-6-7(11)8-4-3-5-14-8/h3-5,7,9,11H,6H2,1-2H3. The quantitative estimate of drug-likeness (QED) is 0.733. The van der Waals surface area contributed by atoms with Gasteiger partial charge in [-0.15, -0.1) is 0 Å². The lowest BCUT2D eigenvalue weighted by atomic mass is 10.3. The zero-order chi connectivity index (χ0) is 11.5. The highest BCUT2D eigenvalue weighted by Gasteiger charge is 2.17. The molecule has 0 aliphatic rings. The van der Waals surface area contributed by atoms with E-state index in [1.54, 1.807) is 12.1 Å². The molecule has 0 fully saturated rings. The van der Waals surface area contributed by atoms with E-state index in [9.17, 15) is 13.5 Å². The van der Waals surface area contributed by atoms with E-state index in [1.807, 2.05) is 0 Å². The van der Waals surface area contributed by atoms with E-state index < -0.39 is 16.3 Å². The van der Waals surface area contributed by atoms with Crippen LogP contribution >= 0.6 is 0 Å². The third-order valence-corrected chi connectivity index (χ3v) is 3.30. The van der Waals surface area contributed by atoms with E-state index in [1.165, 1.54) is 20.4 Å². The van der Waals surface area contributed by atoms with Crippen molar-refractivity contribution in [2.24, 2.45) is 0 Å². The SMILES string of the molecule is CN(C)S(=O)(=O)NCC(O)c1ccco1. The predicted molar refractivity (Wildman–Crippen MR) is 54.3 cm³/mol. The van der Waals surface area contributed by atoms with Crippen LogP contribution in [0.3, 0.4) is 0 Å². The fourth-order valence-electron chi connectivity index (χ4n) is 0.895. The molecule has 0 aliphatic heterocycles. The maximum Gasteiger partial charge on any atom is 0.279 e. The Kier molecular flexibility index (Phi) is 3.86. The van der Waals surface area contributed by atoms with Gasteiger partial charge in [-0.05, 0) is 12.1 Å². The highest BCUT2D eigenvalue weighted by atomic mass is 32.2. The lowest BCUT2D eigenvalue weighted by molar-refractivity contribution is 0.153. The summed E-state index contributed by atoms with van der Waals surface area (Å²) in [5.74, 6) is 0.330. The van der Waals surface area contributed by atoms with Crippen molar-refractivity contribution in [3.05, 3.63) is 24.2 Å². The van der Waals surface area contributed by atoms with E-state index >= 15 is 0 Å². The van der Waals surface area contributed by atoms with E-state index in [4.69, 9.17) is 4.42 Å². The van der Waals surface area contributed by atoms with Gasteiger partial charge in [0.25, 0.3) is 10.2 Å². The Balaban J connectivity index is 2.52. The third-order valence-electron chi connectivity index (χ3n) is 1.81. The molecule has 1 aromatic rings. The van der Waals surface area contributed by atoms with Gasteiger partial charge in [0, 0.05) is 20.6 Å². The van der Waals surface area contributed by atoms with Crippen molar-refractivity contribution in [1.29, 1.82) is 0 Å². The number of aliphatic hydroxyl groups is 1. The van der Waals surface area contributed by atoms with Crippen LogP contribution < -0.4 is 4.72 Å². The van der Waals surface area contributed by atoms with Crippen molar-refractivity contribution in [3.63, 3.8) is 0 Å². The van der Waals surface area contributed by atoms with Crippen molar-refractivity contribution in [2.75, 3.05) is 20.6 Å². The van der Waals surface area contributed by atoms with Crippen LogP contribution in [0.4, 0.5) is 0 Å². The Morgan fingerprint density at radius 1 is 1.60 bits per heavy atom. The van der Waals surface area contributed by atoms with Crippen LogP contribution in [0.2, 0.25) is 0 Å². The van der Waals surface area contributed by atoms with Gasteiger partial charge in [-0.25, -0.2) is 0 Å². The van der Waals surface area contributed by atoms with E-state index in [0.717, 1.165) is 4.31 Å². The molecule has 0 radical (unpaired) electrons. The molecule has 1 aromatic heterocycles. The predicted octanol–water partition coefficient (Wildman–Crippen LogP) is -0.291. The van der Waals surface area contributed by atoms with Crippen LogP contribution in [-0.4, -0.2) is 38.5 Å². The first-order valence-corrected chi connectivity index (χ1v) is 5.76. The average molecular weight is 234 g/mol. The minimum Gasteiger partial charge on any atom is -0.467 e. The lowest BCUT2D eigenvalue weighted by Gasteiger charge is -2.14. The molecule has 0 saturated carbocycles. The van der Waals surface area contributed by atoms with Crippen LogP contribution in [0.1, 0.15) is 11.9 Å². The molecule has 0 bridgehead atoms. The van der Waals surface area contributed by atoms with Gasteiger partial charge >= 0.3 is 0 Å². The highest BCUT2D eigenvalue weighted by Crippen LogP contribution is 2.11. The Hall–Kier alpha value is -0.890. The molecular formula is C8H14N2O4S. The molecule has 0 aromatic carbocycles. The lowest BCUT2D eigenvalue weighted by Crippen LogP contribution is -2.37. The molecule has 1 unspecified atom stereocenters. The first-order valence-electron chi connectivity index (χ1n) is 4.32. The van der Waals surface area contributed by atoms with Crippen molar-refractivity contribution >= 4 is 10.2 Å². The Labute approximate surface area is 88.7 Å². The molecule has 1 heterocycles. The molecule has 0 amide bonds. The summed E-state index contributed by atoms with van der Waals surface area (Å²) in [5, 5.41) is 9.52. The van der Waals surface area contributed by atoms with Crippen LogP contribution in [0, 0.1) is 0 Å². The number of nitrogens with one attached hydrogen (secondary N) is 1. The zero-order valence-corrected chi connectivity index (χ0v) is 9.36. The van der Waals surface area contributed by atoms with Gasteiger partial charge in [0.2, 0.25) is 0 Å². The maximum atomic E-state index is 11.3. The fourth-order valence-corrected chi connectivity index (χ4v) is 1.52. The third kappa shape index (κ3) is 3.31. The second-order valence-electron chi connectivity index (χ2n) is 3.17. The van der Waals surface area contributed by atoms with Gasteiger partial charge in [0.1, 0.15) is 11.9 Å². The highest BCUT2D eigenvalue weighted by molar-refractivity contribution is 7.87. The van der Waals surface area contributed by atoms with Crippen molar-refractivity contribution in [1.82, 2.24) is 9.03 Å². The molecule has 6 nitrogen and oxygen atoms in total.